The molecule has 19 heteroatoms. The van der Waals surface area contributed by atoms with Gasteiger partial charge in [-0.1, -0.05) is 24.3 Å². The van der Waals surface area contributed by atoms with Gasteiger partial charge in [-0.3, -0.25) is 13.7 Å². The number of carboxylic acid groups (broad SMARTS) is 1. The quantitative estimate of drug-likeness (QED) is 0.0968. The van der Waals surface area contributed by atoms with Crippen molar-refractivity contribution in [1.29, 1.82) is 0 Å². The minimum atomic E-state index is -5.28. The highest BCUT2D eigenvalue weighted by molar-refractivity contribution is 7.87. The number of aliphatic hydroxyl groups is 4. The molecule has 1 aliphatic rings. The van der Waals surface area contributed by atoms with Crippen LogP contribution in [0.25, 0.3) is 32.3 Å². The molecule has 0 amide bonds. The molecule has 8 N–H and O–H groups in total. The number of carbonyl (C=O) groups is 1. The van der Waals surface area contributed by atoms with Gasteiger partial charge in [0.15, 0.2) is 6.10 Å². The van der Waals surface area contributed by atoms with E-state index in [0.717, 1.165) is 24.3 Å². The average Bonchev–Trinajstić information content (AvgIpc) is 2.85. The Labute approximate surface area is 229 Å². The van der Waals surface area contributed by atoms with E-state index in [1.165, 1.54) is 0 Å². The third-order valence-corrected chi connectivity index (χ3v) is 9.62. The van der Waals surface area contributed by atoms with Crippen molar-refractivity contribution in [3.8, 4) is 0 Å². The second-order valence-electron chi connectivity index (χ2n) is 9.29. The van der Waals surface area contributed by atoms with Gasteiger partial charge in [0, 0.05) is 27.1 Å². The molecular weight excluding hydrogens is 616 g/mol. The zero-order valence-corrected chi connectivity index (χ0v) is 22.3. The van der Waals surface area contributed by atoms with E-state index < -0.39 is 114 Å². The minimum Gasteiger partial charge on any atom is -0.479 e. The summed E-state index contributed by atoms with van der Waals surface area (Å²) in [5.41, 5.74) is -0.817. The minimum absolute atomic E-state index is 0.353. The molecule has 1 aliphatic heterocycles. The molecule has 1 fully saturated rings. The van der Waals surface area contributed by atoms with Crippen molar-refractivity contribution in [1.82, 2.24) is 0 Å². The Hall–Kier alpha value is -3.08. The van der Waals surface area contributed by atoms with Crippen LogP contribution in [0.4, 0.5) is 0 Å². The van der Waals surface area contributed by atoms with E-state index in [4.69, 9.17) is 4.74 Å². The van der Waals surface area contributed by atoms with Gasteiger partial charge >= 0.3 is 5.97 Å². The van der Waals surface area contributed by atoms with Crippen molar-refractivity contribution in [3.05, 3.63) is 42.0 Å². The molecule has 5 rings (SSSR count). The van der Waals surface area contributed by atoms with Gasteiger partial charge in [-0.05, 0) is 22.9 Å². The Bertz CT molecular complexity index is 2050. The van der Waals surface area contributed by atoms with Crippen LogP contribution in [-0.4, -0.2) is 94.8 Å². The Kier molecular flexibility index (Phi) is 6.43. The van der Waals surface area contributed by atoms with Gasteiger partial charge in [-0.25, -0.2) is 4.79 Å². The summed E-state index contributed by atoms with van der Waals surface area (Å²) in [4.78, 5) is 8.57. The summed E-state index contributed by atoms with van der Waals surface area (Å²) in [5.74, 6) is -5.23. The van der Waals surface area contributed by atoms with E-state index in [1.807, 2.05) is 0 Å². The normalized spacial score (nSPS) is 26.2. The van der Waals surface area contributed by atoms with E-state index in [-0.39, 0.29) is 5.39 Å². The maximum atomic E-state index is 12.5. The smallest absolute Gasteiger partial charge is 0.335 e. The van der Waals surface area contributed by atoms with Gasteiger partial charge in [0.05, 0.1) is 0 Å². The standard InChI is InChI=1S/C22H18O16S3/c23-17-18(24)20(25)22(28,38-19(17)21(26)27)11-5-12(39(29,30)31)8-3-4-10-14(41(35,36)37)6-13(40(32,33)34)9-2-1-7(11)15(8)16(9)10/h1-6,17-20,23-25,28H,(H,26,27)(H,29,30,31)(H,32,33,34)(H,35,36,37)/t17-,18-,19-,20+,22-/m0/s1. The molecule has 16 nitrogen and oxygen atoms in total. The maximum Gasteiger partial charge on any atom is 0.335 e. The fourth-order valence-corrected chi connectivity index (χ4v) is 7.40. The Morgan fingerprint density at radius 3 is 1.49 bits per heavy atom. The summed E-state index contributed by atoms with van der Waals surface area (Å²) in [7, 11) is -15.7. The molecule has 0 bridgehead atoms. The number of carboxylic acids is 1. The van der Waals surface area contributed by atoms with Crippen LogP contribution in [0.15, 0.2) is 51.1 Å². The van der Waals surface area contributed by atoms with Crippen LogP contribution >= 0.6 is 0 Å². The molecule has 0 aliphatic carbocycles. The summed E-state index contributed by atoms with van der Waals surface area (Å²) < 4.78 is 108. The lowest BCUT2D eigenvalue weighted by atomic mass is 9.83. The Balaban J connectivity index is 2.06. The van der Waals surface area contributed by atoms with Crippen molar-refractivity contribution in [2.75, 3.05) is 0 Å². The van der Waals surface area contributed by atoms with Crippen LogP contribution in [0.2, 0.25) is 0 Å². The monoisotopic (exact) mass is 634 g/mol. The molecule has 0 radical (unpaired) electrons. The van der Waals surface area contributed by atoms with Crippen molar-refractivity contribution in [2.45, 2.75) is 44.9 Å². The topological polar surface area (TPSA) is 291 Å². The number of hydrogen-bond donors (Lipinski definition) is 8. The molecule has 220 valence electrons. The fraction of sp³-hybridized carbons (Fsp3) is 0.227. The summed E-state index contributed by atoms with van der Waals surface area (Å²) >= 11 is 0. The first kappa shape index (κ1) is 29.4. The number of hydrogen-bond acceptors (Lipinski definition) is 12. The molecule has 0 aromatic heterocycles. The van der Waals surface area contributed by atoms with Crippen LogP contribution in [0.1, 0.15) is 5.56 Å². The van der Waals surface area contributed by atoms with Crippen molar-refractivity contribution >= 4 is 68.6 Å². The first-order valence-corrected chi connectivity index (χ1v) is 15.4. The van der Waals surface area contributed by atoms with E-state index in [2.05, 4.69) is 0 Å². The highest BCUT2D eigenvalue weighted by Crippen LogP contribution is 2.47. The number of benzene rings is 4. The molecule has 41 heavy (non-hydrogen) atoms. The largest absolute Gasteiger partial charge is 0.479 e. The highest BCUT2D eigenvalue weighted by atomic mass is 32.2. The zero-order valence-electron chi connectivity index (χ0n) is 19.8. The van der Waals surface area contributed by atoms with Crippen molar-refractivity contribution < 1.29 is 74.0 Å². The Morgan fingerprint density at radius 2 is 1.07 bits per heavy atom. The second-order valence-corrected chi connectivity index (χ2v) is 13.5. The fourth-order valence-electron chi connectivity index (χ4n) is 5.18. The number of aliphatic carboxylic acids is 1. The van der Waals surface area contributed by atoms with Gasteiger partial charge in [-0.15, -0.1) is 0 Å². The summed E-state index contributed by atoms with van der Waals surface area (Å²) in [6, 6.07) is 4.95. The van der Waals surface area contributed by atoms with Gasteiger partial charge in [0.2, 0.25) is 5.79 Å². The first-order chi connectivity index (χ1) is 18.7. The summed E-state index contributed by atoms with van der Waals surface area (Å²) in [6.07, 6.45) is -9.61. The molecule has 1 heterocycles. The third-order valence-electron chi connectivity index (χ3n) is 6.94. The van der Waals surface area contributed by atoms with Gasteiger partial charge in [0.1, 0.15) is 33.0 Å². The van der Waals surface area contributed by atoms with E-state index in [0.29, 0.717) is 12.1 Å². The number of aliphatic hydroxyl groups excluding tert-OH is 3. The first-order valence-electron chi connectivity index (χ1n) is 11.1. The lowest BCUT2D eigenvalue weighted by Crippen LogP contribution is -2.64. The molecule has 0 saturated carbocycles. The molecule has 4 aromatic rings. The van der Waals surface area contributed by atoms with E-state index in [1.54, 1.807) is 0 Å². The summed E-state index contributed by atoms with van der Waals surface area (Å²) in [6.45, 7) is 0. The summed E-state index contributed by atoms with van der Waals surface area (Å²) in [5, 5.41) is 49.5. The second kappa shape index (κ2) is 8.96. The van der Waals surface area contributed by atoms with Gasteiger partial charge < -0.3 is 30.3 Å². The predicted molar refractivity (Wildman–Crippen MR) is 134 cm³/mol. The lowest BCUT2D eigenvalue weighted by molar-refractivity contribution is -0.349. The van der Waals surface area contributed by atoms with Crippen LogP contribution in [0, 0.1) is 0 Å². The number of rotatable bonds is 5. The lowest BCUT2D eigenvalue weighted by Gasteiger charge is -2.45. The highest BCUT2D eigenvalue weighted by Gasteiger charge is 2.56. The van der Waals surface area contributed by atoms with E-state index >= 15 is 0 Å². The SMILES string of the molecule is O=C(O)[C@H]1O[C@@](O)(c2cc(S(=O)(=O)O)c3ccc4c(S(=O)(=O)O)cc(S(=O)(=O)O)c5ccc2c3c54)[C@H](O)[C@@H](O)[C@@H]1O. The van der Waals surface area contributed by atoms with Crippen LogP contribution in [-0.2, 0) is 45.7 Å². The molecule has 4 aromatic carbocycles. The molecule has 5 atom stereocenters. The zero-order chi connectivity index (χ0) is 30.6. The van der Waals surface area contributed by atoms with Gasteiger partial charge in [-0.2, -0.15) is 25.3 Å². The van der Waals surface area contributed by atoms with Crippen LogP contribution in [0.3, 0.4) is 0 Å². The third kappa shape index (κ3) is 4.33. The molecule has 0 spiro atoms. The Morgan fingerprint density at radius 1 is 0.683 bits per heavy atom. The average molecular weight is 635 g/mol. The molecule has 1 saturated heterocycles. The van der Waals surface area contributed by atoms with Gasteiger partial charge in [0.25, 0.3) is 30.4 Å². The van der Waals surface area contributed by atoms with Crippen molar-refractivity contribution in [2.24, 2.45) is 0 Å². The number of ether oxygens (including phenoxy) is 1. The van der Waals surface area contributed by atoms with Crippen LogP contribution < -0.4 is 0 Å². The molecular formula is C22H18O16S3. The predicted octanol–water partition coefficient (Wildman–Crippen LogP) is -0.965. The van der Waals surface area contributed by atoms with Crippen LogP contribution in [0.5, 0.6) is 0 Å². The van der Waals surface area contributed by atoms with E-state index in [9.17, 15) is 69.2 Å². The maximum absolute atomic E-state index is 12.5. The molecule has 0 unspecified atom stereocenters. The van der Waals surface area contributed by atoms with Crippen molar-refractivity contribution in [3.63, 3.8) is 0 Å².